The van der Waals surface area contributed by atoms with Gasteiger partial charge in [-0.1, -0.05) is 0 Å². The molecule has 0 aliphatic carbocycles. The van der Waals surface area contributed by atoms with Crippen LogP contribution in [0.3, 0.4) is 0 Å². The molecule has 82 valence electrons. The summed E-state index contributed by atoms with van der Waals surface area (Å²) in [6, 6.07) is 0.959. The van der Waals surface area contributed by atoms with Crippen molar-refractivity contribution >= 4 is 21.8 Å². The molecule has 2 N–H and O–H groups in total. The Morgan fingerprint density at radius 1 is 1.53 bits per heavy atom. The highest BCUT2D eigenvalue weighted by Gasteiger charge is 2.33. The molecule has 1 heterocycles. The second kappa shape index (κ2) is 4.05. The van der Waals surface area contributed by atoms with E-state index in [1.807, 2.05) is 0 Å². The smallest absolute Gasteiger partial charge is 0.403 e. The number of carbonyl (C=O) groups excluding carboxylic acids is 1. The number of rotatable bonds is 2. The van der Waals surface area contributed by atoms with Crippen molar-refractivity contribution in [2.24, 2.45) is 5.73 Å². The molecular weight excluding hydrogens is 281 g/mol. The van der Waals surface area contributed by atoms with E-state index >= 15 is 0 Å². The number of hydrogen-bond acceptors (Lipinski definition) is 3. The van der Waals surface area contributed by atoms with Gasteiger partial charge in [-0.25, -0.2) is 4.98 Å². The van der Waals surface area contributed by atoms with Gasteiger partial charge < -0.3 is 10.5 Å². The van der Waals surface area contributed by atoms with Crippen LogP contribution in [-0.4, -0.2) is 17.3 Å². The van der Waals surface area contributed by atoms with E-state index < -0.39 is 23.7 Å². The highest BCUT2D eigenvalue weighted by atomic mass is 79.9. The van der Waals surface area contributed by atoms with E-state index in [0.29, 0.717) is 0 Å². The Bertz CT molecular complexity index is 394. The Kier molecular flexibility index (Phi) is 3.18. The zero-order valence-corrected chi connectivity index (χ0v) is 8.59. The van der Waals surface area contributed by atoms with Crippen molar-refractivity contribution in [3.8, 4) is 5.75 Å². The largest absolute Gasteiger partial charge is 0.573 e. The molecule has 1 amide bonds. The van der Waals surface area contributed by atoms with Crippen LogP contribution in [0.1, 0.15) is 10.5 Å². The predicted molar refractivity (Wildman–Crippen MR) is 47.1 cm³/mol. The molecule has 15 heavy (non-hydrogen) atoms. The Morgan fingerprint density at radius 2 is 2.13 bits per heavy atom. The van der Waals surface area contributed by atoms with Crippen molar-refractivity contribution in [1.82, 2.24) is 4.98 Å². The molecule has 0 fully saturated rings. The first-order chi connectivity index (χ1) is 6.79. The summed E-state index contributed by atoms with van der Waals surface area (Å²) in [7, 11) is 0. The fraction of sp³-hybridized carbons (Fsp3) is 0.143. The second-order valence-electron chi connectivity index (χ2n) is 2.41. The average molecular weight is 285 g/mol. The summed E-state index contributed by atoms with van der Waals surface area (Å²) >= 11 is 2.89. The summed E-state index contributed by atoms with van der Waals surface area (Å²) in [6.45, 7) is 0. The van der Waals surface area contributed by atoms with E-state index in [9.17, 15) is 18.0 Å². The van der Waals surface area contributed by atoms with Crippen LogP contribution in [0.2, 0.25) is 0 Å². The van der Waals surface area contributed by atoms with Crippen LogP contribution in [-0.2, 0) is 0 Å². The van der Waals surface area contributed by atoms with E-state index in [2.05, 4.69) is 25.7 Å². The lowest BCUT2D eigenvalue weighted by Gasteiger charge is -2.10. The van der Waals surface area contributed by atoms with E-state index in [4.69, 9.17) is 5.73 Å². The fourth-order valence-electron chi connectivity index (χ4n) is 0.808. The number of aromatic nitrogens is 1. The minimum absolute atomic E-state index is 0.242. The third kappa shape index (κ3) is 3.39. The highest BCUT2D eigenvalue weighted by molar-refractivity contribution is 9.10. The Morgan fingerprint density at radius 3 is 2.60 bits per heavy atom. The molecule has 0 radical (unpaired) electrons. The van der Waals surface area contributed by atoms with Crippen LogP contribution >= 0.6 is 15.9 Å². The lowest BCUT2D eigenvalue weighted by atomic mass is 10.3. The van der Waals surface area contributed by atoms with Gasteiger partial charge in [0.25, 0.3) is 5.91 Å². The van der Waals surface area contributed by atoms with Crippen molar-refractivity contribution < 1.29 is 22.7 Å². The summed E-state index contributed by atoms with van der Waals surface area (Å²) in [5, 5.41) is 0. The molecule has 8 heteroatoms. The first-order valence-electron chi connectivity index (χ1n) is 3.50. The SMILES string of the molecule is NC(=O)c1ncc(Br)cc1OC(F)(F)F. The normalized spacial score (nSPS) is 11.2. The maximum absolute atomic E-state index is 11.9. The first kappa shape index (κ1) is 11.8. The summed E-state index contributed by atoms with van der Waals surface area (Å²) in [6.07, 6.45) is -3.75. The van der Waals surface area contributed by atoms with Gasteiger partial charge in [0.05, 0.1) is 0 Å². The van der Waals surface area contributed by atoms with Crippen LogP contribution in [0.25, 0.3) is 0 Å². The van der Waals surface area contributed by atoms with Gasteiger partial charge in [-0.05, 0) is 22.0 Å². The number of nitrogens with two attached hydrogens (primary N) is 1. The summed E-state index contributed by atoms with van der Waals surface area (Å²) in [5.41, 5.74) is 4.25. The average Bonchev–Trinajstić information content (AvgIpc) is 1.99. The fourth-order valence-corrected chi connectivity index (χ4v) is 1.12. The van der Waals surface area contributed by atoms with Crippen LogP contribution < -0.4 is 10.5 Å². The van der Waals surface area contributed by atoms with E-state index in [0.717, 1.165) is 12.3 Å². The zero-order chi connectivity index (χ0) is 11.6. The molecule has 4 nitrogen and oxygen atoms in total. The monoisotopic (exact) mass is 284 g/mol. The lowest BCUT2D eigenvalue weighted by Crippen LogP contribution is -2.21. The first-order valence-corrected chi connectivity index (χ1v) is 4.30. The molecule has 0 saturated heterocycles. The summed E-state index contributed by atoms with van der Waals surface area (Å²) in [4.78, 5) is 14.1. The molecule has 0 aromatic carbocycles. The number of primary amides is 1. The van der Waals surface area contributed by atoms with Crippen molar-refractivity contribution in [2.75, 3.05) is 0 Å². The second-order valence-corrected chi connectivity index (χ2v) is 3.33. The minimum atomic E-state index is -4.90. The molecule has 0 atom stereocenters. The molecule has 0 unspecified atom stereocenters. The van der Waals surface area contributed by atoms with Crippen LogP contribution in [0.15, 0.2) is 16.7 Å². The molecule has 0 spiro atoms. The van der Waals surface area contributed by atoms with Gasteiger partial charge in [-0.3, -0.25) is 4.79 Å². The minimum Gasteiger partial charge on any atom is -0.403 e. The Hall–Kier alpha value is -1.31. The topological polar surface area (TPSA) is 65.2 Å². The number of hydrogen-bond donors (Lipinski definition) is 1. The van der Waals surface area contributed by atoms with Gasteiger partial charge >= 0.3 is 6.36 Å². The third-order valence-corrected chi connectivity index (χ3v) is 1.71. The lowest BCUT2D eigenvalue weighted by molar-refractivity contribution is -0.274. The number of carbonyl (C=O) groups is 1. The van der Waals surface area contributed by atoms with Gasteiger partial charge in [0.15, 0.2) is 11.4 Å². The van der Waals surface area contributed by atoms with Gasteiger partial charge in [0.2, 0.25) is 0 Å². The van der Waals surface area contributed by atoms with Crippen molar-refractivity contribution in [2.45, 2.75) is 6.36 Å². The molecule has 0 aliphatic heterocycles. The summed E-state index contributed by atoms with van der Waals surface area (Å²) < 4.78 is 39.5. The van der Waals surface area contributed by atoms with E-state index in [1.165, 1.54) is 0 Å². The standard InChI is InChI=1S/C7H4BrF3N2O2/c8-3-1-4(15-7(9,10)11)5(6(12)14)13-2-3/h1-2H,(H2,12,14). The number of alkyl halides is 3. The molecule has 0 saturated carbocycles. The molecular formula is C7H4BrF3N2O2. The van der Waals surface area contributed by atoms with Crippen molar-refractivity contribution in [1.29, 1.82) is 0 Å². The van der Waals surface area contributed by atoms with Crippen LogP contribution in [0, 0.1) is 0 Å². The van der Waals surface area contributed by atoms with E-state index in [1.54, 1.807) is 0 Å². The van der Waals surface area contributed by atoms with Crippen LogP contribution in [0.5, 0.6) is 5.75 Å². The highest BCUT2D eigenvalue weighted by Crippen LogP contribution is 2.27. The Balaban J connectivity index is 3.13. The third-order valence-electron chi connectivity index (χ3n) is 1.28. The van der Waals surface area contributed by atoms with Crippen molar-refractivity contribution in [3.05, 3.63) is 22.4 Å². The number of halogens is 4. The molecule has 0 bridgehead atoms. The number of pyridine rings is 1. The van der Waals surface area contributed by atoms with E-state index in [-0.39, 0.29) is 4.47 Å². The number of nitrogens with zero attached hydrogens (tertiary/aromatic N) is 1. The number of amides is 1. The molecule has 1 aromatic rings. The Labute approximate surface area is 90.4 Å². The van der Waals surface area contributed by atoms with Gasteiger partial charge in [0, 0.05) is 10.7 Å². The predicted octanol–water partition coefficient (Wildman–Crippen LogP) is 1.84. The molecule has 0 aliphatic rings. The van der Waals surface area contributed by atoms with Gasteiger partial charge in [-0.2, -0.15) is 0 Å². The maximum atomic E-state index is 11.9. The van der Waals surface area contributed by atoms with Gasteiger partial charge in [-0.15, -0.1) is 13.2 Å². The zero-order valence-electron chi connectivity index (χ0n) is 7.01. The van der Waals surface area contributed by atoms with Crippen molar-refractivity contribution in [3.63, 3.8) is 0 Å². The molecule has 1 rings (SSSR count). The quantitative estimate of drug-likeness (QED) is 0.901. The maximum Gasteiger partial charge on any atom is 0.573 e. The molecule has 1 aromatic heterocycles. The number of ether oxygens (including phenoxy) is 1. The van der Waals surface area contributed by atoms with Gasteiger partial charge in [0.1, 0.15) is 0 Å². The van der Waals surface area contributed by atoms with Crippen LogP contribution in [0.4, 0.5) is 13.2 Å². The summed E-state index contributed by atoms with van der Waals surface area (Å²) in [5.74, 6) is -1.83.